The van der Waals surface area contributed by atoms with E-state index in [1.165, 1.54) is 0 Å². The number of fused-ring (bicyclic) bond motifs is 2. The molecule has 0 amide bonds. The minimum absolute atomic E-state index is 0.344. The van der Waals surface area contributed by atoms with Gasteiger partial charge in [-0.25, -0.2) is 4.79 Å². The first-order valence-corrected chi connectivity index (χ1v) is 6.40. The standard InChI is InChI=1S/C14H11BrO3/c1-14(2)17-12-7-8-3-4-10(15)5-9(8)6-11(12)13(16)18-14/h3-7H,1-2H3. The number of benzene rings is 2. The van der Waals surface area contributed by atoms with Gasteiger partial charge in [-0.1, -0.05) is 22.0 Å². The van der Waals surface area contributed by atoms with Crippen LogP contribution in [-0.2, 0) is 4.74 Å². The number of ether oxygens (including phenoxy) is 2. The monoisotopic (exact) mass is 306 g/mol. The molecular weight excluding hydrogens is 296 g/mol. The van der Waals surface area contributed by atoms with E-state index in [0.29, 0.717) is 11.3 Å². The van der Waals surface area contributed by atoms with Crippen LogP contribution in [0.25, 0.3) is 10.8 Å². The van der Waals surface area contributed by atoms with Crippen LogP contribution in [0.1, 0.15) is 24.2 Å². The summed E-state index contributed by atoms with van der Waals surface area (Å²) in [6.07, 6.45) is 0. The fourth-order valence-electron chi connectivity index (χ4n) is 2.06. The third kappa shape index (κ3) is 1.86. The van der Waals surface area contributed by atoms with E-state index in [1.807, 2.05) is 24.3 Å². The summed E-state index contributed by atoms with van der Waals surface area (Å²) in [4.78, 5) is 11.9. The second kappa shape index (κ2) is 3.72. The maximum Gasteiger partial charge on any atom is 0.345 e. The molecule has 18 heavy (non-hydrogen) atoms. The maximum absolute atomic E-state index is 11.9. The maximum atomic E-state index is 11.9. The summed E-state index contributed by atoms with van der Waals surface area (Å²) in [7, 11) is 0. The van der Waals surface area contributed by atoms with Gasteiger partial charge in [-0.3, -0.25) is 0 Å². The Balaban J connectivity index is 2.24. The van der Waals surface area contributed by atoms with Gasteiger partial charge in [0.1, 0.15) is 11.3 Å². The molecule has 0 bridgehead atoms. The lowest BCUT2D eigenvalue weighted by atomic mass is 10.0. The van der Waals surface area contributed by atoms with E-state index in [0.717, 1.165) is 15.2 Å². The molecule has 92 valence electrons. The van der Waals surface area contributed by atoms with Crippen LogP contribution >= 0.6 is 15.9 Å². The van der Waals surface area contributed by atoms with E-state index in [4.69, 9.17) is 9.47 Å². The van der Waals surface area contributed by atoms with Gasteiger partial charge in [0.2, 0.25) is 5.79 Å². The number of esters is 1. The Morgan fingerprint density at radius 3 is 2.61 bits per heavy atom. The number of carbonyl (C=O) groups excluding carboxylic acids is 1. The normalized spacial score (nSPS) is 16.9. The molecule has 1 heterocycles. The van der Waals surface area contributed by atoms with Crippen molar-refractivity contribution in [1.29, 1.82) is 0 Å². The van der Waals surface area contributed by atoms with Gasteiger partial charge in [0.05, 0.1) is 0 Å². The molecule has 2 aromatic rings. The Hall–Kier alpha value is -1.55. The van der Waals surface area contributed by atoms with E-state index in [-0.39, 0.29) is 5.97 Å². The summed E-state index contributed by atoms with van der Waals surface area (Å²) < 4.78 is 11.9. The van der Waals surface area contributed by atoms with Crippen LogP contribution in [0.15, 0.2) is 34.8 Å². The lowest BCUT2D eigenvalue weighted by molar-refractivity contribution is -0.127. The lowest BCUT2D eigenvalue weighted by Gasteiger charge is -2.31. The summed E-state index contributed by atoms with van der Waals surface area (Å²) in [6, 6.07) is 9.58. The van der Waals surface area contributed by atoms with Gasteiger partial charge in [-0.05, 0) is 35.0 Å². The van der Waals surface area contributed by atoms with Crippen molar-refractivity contribution in [3.8, 4) is 5.75 Å². The van der Waals surface area contributed by atoms with E-state index in [2.05, 4.69) is 15.9 Å². The molecule has 0 fully saturated rings. The van der Waals surface area contributed by atoms with Crippen LogP contribution in [0.4, 0.5) is 0 Å². The van der Waals surface area contributed by atoms with Crippen molar-refractivity contribution < 1.29 is 14.3 Å². The van der Waals surface area contributed by atoms with Crippen molar-refractivity contribution in [2.45, 2.75) is 19.6 Å². The second-order valence-corrected chi connectivity index (χ2v) is 5.65. The number of cyclic esters (lactones) is 1. The van der Waals surface area contributed by atoms with Crippen LogP contribution in [0.3, 0.4) is 0 Å². The molecular formula is C14H11BrO3. The molecule has 1 aliphatic rings. The Kier molecular flexibility index (Phi) is 2.38. The molecule has 0 aromatic heterocycles. The number of carbonyl (C=O) groups is 1. The predicted molar refractivity (Wildman–Crippen MR) is 71.8 cm³/mol. The largest absolute Gasteiger partial charge is 0.452 e. The van der Waals surface area contributed by atoms with Gasteiger partial charge < -0.3 is 9.47 Å². The average molecular weight is 307 g/mol. The van der Waals surface area contributed by atoms with E-state index < -0.39 is 5.79 Å². The third-order valence-electron chi connectivity index (χ3n) is 2.81. The van der Waals surface area contributed by atoms with Crippen molar-refractivity contribution >= 4 is 32.7 Å². The molecule has 0 unspecified atom stereocenters. The molecule has 3 rings (SSSR count). The summed E-state index contributed by atoms with van der Waals surface area (Å²) in [5, 5.41) is 2.01. The van der Waals surface area contributed by atoms with E-state index >= 15 is 0 Å². The molecule has 0 saturated heterocycles. The summed E-state index contributed by atoms with van der Waals surface area (Å²) in [5.41, 5.74) is 0.472. The van der Waals surface area contributed by atoms with Crippen LogP contribution in [0.5, 0.6) is 5.75 Å². The molecule has 3 nitrogen and oxygen atoms in total. The van der Waals surface area contributed by atoms with Gasteiger partial charge in [0, 0.05) is 18.3 Å². The Labute approximate surface area is 113 Å². The van der Waals surface area contributed by atoms with Crippen LogP contribution in [0, 0.1) is 0 Å². The Bertz CT molecular complexity index is 661. The molecule has 0 N–H and O–H groups in total. The zero-order valence-electron chi connectivity index (χ0n) is 9.99. The summed E-state index contributed by atoms with van der Waals surface area (Å²) in [6.45, 7) is 3.44. The minimum Gasteiger partial charge on any atom is -0.452 e. The molecule has 0 atom stereocenters. The minimum atomic E-state index is -0.910. The fraction of sp³-hybridized carbons (Fsp3) is 0.214. The SMILES string of the molecule is CC1(C)OC(=O)c2cc3cc(Br)ccc3cc2O1. The first kappa shape index (κ1) is 11.5. The number of rotatable bonds is 0. The van der Waals surface area contributed by atoms with Crippen molar-refractivity contribution in [2.24, 2.45) is 0 Å². The average Bonchev–Trinajstić information content (AvgIpc) is 2.26. The summed E-state index contributed by atoms with van der Waals surface area (Å²) >= 11 is 3.41. The molecule has 0 radical (unpaired) electrons. The van der Waals surface area contributed by atoms with Crippen LogP contribution < -0.4 is 4.74 Å². The number of hydrogen-bond acceptors (Lipinski definition) is 3. The van der Waals surface area contributed by atoms with Crippen LogP contribution in [-0.4, -0.2) is 11.8 Å². The third-order valence-corrected chi connectivity index (χ3v) is 3.31. The van der Waals surface area contributed by atoms with Crippen molar-refractivity contribution in [2.75, 3.05) is 0 Å². The van der Waals surface area contributed by atoms with Crippen molar-refractivity contribution in [3.63, 3.8) is 0 Å². The molecule has 4 heteroatoms. The highest BCUT2D eigenvalue weighted by atomic mass is 79.9. The molecule has 0 spiro atoms. The Morgan fingerprint density at radius 2 is 1.83 bits per heavy atom. The lowest BCUT2D eigenvalue weighted by Crippen LogP contribution is -2.38. The fourth-order valence-corrected chi connectivity index (χ4v) is 2.43. The highest BCUT2D eigenvalue weighted by Crippen LogP contribution is 2.35. The zero-order chi connectivity index (χ0) is 12.9. The van der Waals surface area contributed by atoms with Gasteiger partial charge in [-0.2, -0.15) is 0 Å². The molecule has 1 aliphatic heterocycles. The number of hydrogen-bond donors (Lipinski definition) is 0. The first-order valence-electron chi connectivity index (χ1n) is 5.60. The van der Waals surface area contributed by atoms with Gasteiger partial charge in [0.25, 0.3) is 0 Å². The molecule has 0 saturated carbocycles. The summed E-state index contributed by atoms with van der Waals surface area (Å²) in [5.74, 6) is -0.679. The van der Waals surface area contributed by atoms with Gasteiger partial charge in [-0.15, -0.1) is 0 Å². The predicted octanol–water partition coefficient (Wildman–Crippen LogP) is 3.89. The van der Waals surface area contributed by atoms with Crippen LogP contribution in [0.2, 0.25) is 0 Å². The van der Waals surface area contributed by atoms with Crippen molar-refractivity contribution in [1.82, 2.24) is 0 Å². The van der Waals surface area contributed by atoms with E-state index in [1.54, 1.807) is 19.9 Å². The zero-order valence-corrected chi connectivity index (χ0v) is 11.6. The smallest absolute Gasteiger partial charge is 0.345 e. The first-order chi connectivity index (χ1) is 8.44. The highest BCUT2D eigenvalue weighted by molar-refractivity contribution is 9.10. The quantitative estimate of drug-likeness (QED) is 0.693. The highest BCUT2D eigenvalue weighted by Gasteiger charge is 2.33. The van der Waals surface area contributed by atoms with Gasteiger partial charge >= 0.3 is 5.97 Å². The molecule has 0 aliphatic carbocycles. The molecule has 2 aromatic carbocycles. The Morgan fingerprint density at radius 1 is 1.06 bits per heavy atom. The van der Waals surface area contributed by atoms with E-state index in [9.17, 15) is 4.79 Å². The second-order valence-electron chi connectivity index (χ2n) is 4.73. The van der Waals surface area contributed by atoms with Gasteiger partial charge in [0.15, 0.2) is 0 Å². The topological polar surface area (TPSA) is 35.5 Å². The number of halogens is 1. The van der Waals surface area contributed by atoms with Crippen molar-refractivity contribution in [3.05, 3.63) is 40.4 Å².